The number of carbonyl (C=O) groups excluding carboxylic acids is 2. The van der Waals surface area contributed by atoms with Gasteiger partial charge in [-0.3, -0.25) is 29.8 Å². The van der Waals surface area contributed by atoms with Crippen LogP contribution in [-0.4, -0.2) is 34.2 Å². The number of nitro groups is 2. The third-order valence-corrected chi connectivity index (χ3v) is 5.11. The molecule has 2 aromatic carbocycles. The highest BCUT2D eigenvalue weighted by atomic mass is 16.6. The average Bonchev–Trinajstić information content (AvgIpc) is 3.64. The molecule has 2 amide bonds. The molecule has 2 aromatic rings. The van der Waals surface area contributed by atoms with Crippen LogP contribution in [0.2, 0.25) is 0 Å². The summed E-state index contributed by atoms with van der Waals surface area (Å²) in [5.41, 5.74) is 0.423. The number of rotatable bonds is 10. The third-order valence-electron chi connectivity index (χ3n) is 5.11. The Morgan fingerprint density at radius 3 is 1.85 bits per heavy atom. The van der Waals surface area contributed by atoms with Crippen LogP contribution in [0.15, 0.2) is 60.7 Å². The van der Waals surface area contributed by atoms with Crippen molar-refractivity contribution < 1.29 is 19.4 Å². The Bertz CT molecular complexity index is 1120. The predicted octanol–water partition coefficient (Wildman–Crippen LogP) is 3.24. The van der Waals surface area contributed by atoms with Crippen LogP contribution >= 0.6 is 0 Å². The van der Waals surface area contributed by atoms with Gasteiger partial charge in [0.1, 0.15) is 0 Å². The summed E-state index contributed by atoms with van der Waals surface area (Å²) in [5, 5.41) is 27.7. The lowest BCUT2D eigenvalue weighted by atomic mass is 10.1. The van der Waals surface area contributed by atoms with Crippen molar-refractivity contribution in [3.05, 3.63) is 92.0 Å². The van der Waals surface area contributed by atoms with Crippen molar-refractivity contribution in [1.29, 1.82) is 0 Å². The van der Waals surface area contributed by atoms with Gasteiger partial charge in [-0.05, 0) is 43.0 Å². The van der Waals surface area contributed by atoms with Crippen molar-refractivity contribution in [2.45, 2.75) is 18.9 Å². The van der Waals surface area contributed by atoms with Crippen LogP contribution in [0.5, 0.6) is 0 Å². The second-order valence-corrected chi connectivity index (χ2v) is 7.50. The van der Waals surface area contributed by atoms with E-state index in [9.17, 15) is 29.8 Å². The van der Waals surface area contributed by atoms with Crippen molar-refractivity contribution in [3.63, 3.8) is 0 Å². The number of para-hydroxylation sites is 2. The maximum Gasteiger partial charge on any atom is 0.276 e. The average molecular weight is 450 g/mol. The van der Waals surface area contributed by atoms with Gasteiger partial charge in [0.15, 0.2) is 0 Å². The fourth-order valence-corrected chi connectivity index (χ4v) is 3.25. The summed E-state index contributed by atoms with van der Waals surface area (Å²) in [6.45, 7) is 0.190. The molecule has 0 heterocycles. The Hall–Kier alpha value is -4.34. The highest BCUT2D eigenvalue weighted by Crippen LogP contribution is 2.32. The number of benzene rings is 2. The van der Waals surface area contributed by atoms with Crippen LogP contribution in [0.25, 0.3) is 12.2 Å². The molecule has 0 spiro atoms. The molecule has 10 heteroatoms. The molecule has 1 unspecified atom stereocenters. The van der Waals surface area contributed by atoms with Gasteiger partial charge in [0.25, 0.3) is 11.4 Å². The zero-order valence-corrected chi connectivity index (χ0v) is 17.5. The van der Waals surface area contributed by atoms with E-state index in [2.05, 4.69) is 10.6 Å². The number of hydrogen-bond acceptors (Lipinski definition) is 6. The van der Waals surface area contributed by atoms with Crippen LogP contribution in [0.1, 0.15) is 24.0 Å². The molecular weight excluding hydrogens is 428 g/mol. The molecule has 1 saturated carbocycles. The normalized spacial score (nSPS) is 14.2. The highest BCUT2D eigenvalue weighted by Gasteiger charge is 2.32. The summed E-state index contributed by atoms with van der Waals surface area (Å²) in [6.07, 6.45) is 7.02. The van der Waals surface area contributed by atoms with Crippen LogP contribution in [0.4, 0.5) is 11.4 Å². The largest absolute Gasteiger partial charge is 0.350 e. The minimum absolute atomic E-state index is 0.0991. The molecule has 0 bridgehead atoms. The molecule has 10 nitrogen and oxygen atoms in total. The maximum atomic E-state index is 12.3. The van der Waals surface area contributed by atoms with E-state index >= 15 is 0 Å². The van der Waals surface area contributed by atoms with Gasteiger partial charge in [-0.15, -0.1) is 0 Å². The molecule has 0 aliphatic heterocycles. The minimum Gasteiger partial charge on any atom is -0.350 e. The molecule has 1 fully saturated rings. The highest BCUT2D eigenvalue weighted by molar-refractivity contribution is 5.93. The third kappa shape index (κ3) is 6.82. The number of nitrogens with one attached hydrogen (secondary N) is 2. The lowest BCUT2D eigenvalue weighted by molar-refractivity contribution is -0.385. The first-order chi connectivity index (χ1) is 15.8. The quantitative estimate of drug-likeness (QED) is 0.323. The zero-order valence-electron chi connectivity index (χ0n) is 17.5. The van der Waals surface area contributed by atoms with E-state index in [1.54, 1.807) is 36.4 Å². The van der Waals surface area contributed by atoms with Crippen LogP contribution in [-0.2, 0) is 9.59 Å². The molecule has 3 rings (SSSR count). The molecular formula is C23H22N4O6. The van der Waals surface area contributed by atoms with Crippen molar-refractivity contribution >= 4 is 35.3 Å². The second-order valence-electron chi connectivity index (χ2n) is 7.50. The fourth-order valence-electron chi connectivity index (χ4n) is 3.25. The van der Waals surface area contributed by atoms with Gasteiger partial charge >= 0.3 is 0 Å². The van der Waals surface area contributed by atoms with Gasteiger partial charge < -0.3 is 10.6 Å². The summed E-state index contributed by atoms with van der Waals surface area (Å²) in [4.78, 5) is 45.6. The Morgan fingerprint density at radius 1 is 0.879 bits per heavy atom. The topological polar surface area (TPSA) is 144 Å². The first kappa shape index (κ1) is 23.3. The number of nitro benzene ring substituents is 2. The van der Waals surface area contributed by atoms with E-state index in [0.29, 0.717) is 11.1 Å². The smallest absolute Gasteiger partial charge is 0.276 e. The van der Waals surface area contributed by atoms with Gasteiger partial charge in [0.05, 0.1) is 21.0 Å². The van der Waals surface area contributed by atoms with Gasteiger partial charge in [-0.2, -0.15) is 0 Å². The summed E-state index contributed by atoms with van der Waals surface area (Å²) in [6, 6.07) is 11.9. The second kappa shape index (κ2) is 10.8. The number of nitrogens with zero attached hydrogens (tertiary/aromatic N) is 2. The Balaban J connectivity index is 1.56. The van der Waals surface area contributed by atoms with Crippen molar-refractivity contribution in [2.75, 3.05) is 6.54 Å². The van der Waals surface area contributed by atoms with Crippen LogP contribution < -0.4 is 10.6 Å². The lowest BCUT2D eigenvalue weighted by Gasteiger charge is -2.17. The van der Waals surface area contributed by atoms with E-state index < -0.39 is 21.7 Å². The van der Waals surface area contributed by atoms with Crippen LogP contribution in [0.3, 0.4) is 0 Å². The first-order valence-electron chi connectivity index (χ1n) is 10.3. The number of hydrogen-bond donors (Lipinski definition) is 2. The molecule has 1 aliphatic rings. The Kier molecular flexibility index (Phi) is 7.64. The van der Waals surface area contributed by atoms with E-state index in [4.69, 9.17) is 0 Å². The van der Waals surface area contributed by atoms with Gasteiger partial charge in [-0.25, -0.2) is 0 Å². The monoisotopic (exact) mass is 450 g/mol. The van der Waals surface area contributed by atoms with Gasteiger partial charge in [0.2, 0.25) is 11.8 Å². The molecule has 0 radical (unpaired) electrons. The van der Waals surface area contributed by atoms with E-state index in [0.717, 1.165) is 12.8 Å². The molecule has 1 atom stereocenters. The SMILES string of the molecule is O=C(C=Cc1ccccc1[N+](=O)[O-])NCC(NC(=O)C=Cc1ccccc1[N+](=O)[O-])C1CC1. The van der Waals surface area contributed by atoms with E-state index in [1.807, 2.05) is 0 Å². The van der Waals surface area contributed by atoms with Crippen molar-refractivity contribution in [1.82, 2.24) is 10.6 Å². The Labute approximate surface area is 189 Å². The van der Waals surface area contributed by atoms with E-state index in [-0.39, 0.29) is 29.9 Å². The fraction of sp³-hybridized carbons (Fsp3) is 0.217. The molecule has 0 saturated heterocycles. The molecule has 2 N–H and O–H groups in total. The lowest BCUT2D eigenvalue weighted by Crippen LogP contribution is -2.44. The first-order valence-corrected chi connectivity index (χ1v) is 10.3. The zero-order chi connectivity index (χ0) is 23.8. The predicted molar refractivity (Wildman–Crippen MR) is 122 cm³/mol. The molecule has 170 valence electrons. The standard InChI is InChI=1S/C23H22N4O6/c28-22(13-11-17-5-1-3-7-20(17)26(30)31)24-15-19(16-9-10-16)25-23(29)14-12-18-6-2-4-8-21(18)27(32)33/h1-8,11-14,16,19H,9-10,15H2,(H,24,28)(H,25,29). The summed E-state index contributed by atoms with van der Waals surface area (Å²) < 4.78 is 0. The summed E-state index contributed by atoms with van der Waals surface area (Å²) >= 11 is 0. The molecule has 33 heavy (non-hydrogen) atoms. The Morgan fingerprint density at radius 2 is 1.36 bits per heavy atom. The van der Waals surface area contributed by atoms with E-state index in [1.165, 1.54) is 36.4 Å². The molecule has 1 aliphatic carbocycles. The maximum absolute atomic E-state index is 12.3. The summed E-state index contributed by atoms with van der Waals surface area (Å²) in [5.74, 6) is -0.633. The van der Waals surface area contributed by atoms with Crippen molar-refractivity contribution in [3.8, 4) is 0 Å². The number of carbonyl (C=O) groups is 2. The summed E-state index contributed by atoms with van der Waals surface area (Å²) in [7, 11) is 0. The molecule has 0 aromatic heterocycles. The van der Waals surface area contributed by atoms with Gasteiger partial charge in [0, 0.05) is 36.9 Å². The minimum atomic E-state index is -0.520. The van der Waals surface area contributed by atoms with Crippen molar-refractivity contribution in [2.24, 2.45) is 5.92 Å². The van der Waals surface area contributed by atoms with Gasteiger partial charge in [-0.1, -0.05) is 24.3 Å². The van der Waals surface area contributed by atoms with Crippen LogP contribution in [0, 0.1) is 26.1 Å². The number of amides is 2.